The van der Waals surface area contributed by atoms with Crippen molar-refractivity contribution in [2.45, 2.75) is 239 Å². The zero-order valence-corrected chi connectivity index (χ0v) is 28.0. The minimum absolute atomic E-state index is 0.969. The molecular weight excluding hydrogens is 468 g/mol. The molecule has 0 amide bonds. The van der Waals surface area contributed by atoms with E-state index in [-0.39, 0.29) is 0 Å². The summed E-state index contributed by atoms with van der Waals surface area (Å²) < 4.78 is 0. The molecule has 0 aromatic carbocycles. The highest BCUT2D eigenvalue weighted by atomic mass is 14.1. The smallest absolute Gasteiger partial charge is 0.0414 e. The van der Waals surface area contributed by atoms with Gasteiger partial charge in [0.25, 0.3) is 0 Å². The van der Waals surface area contributed by atoms with Crippen molar-refractivity contribution in [2.24, 2.45) is 5.92 Å². The molecule has 0 fully saturated rings. The summed E-state index contributed by atoms with van der Waals surface area (Å²) in [5.41, 5.74) is 0. The lowest BCUT2D eigenvalue weighted by atomic mass is 9.90. The Balaban J connectivity index is 3.35. The van der Waals surface area contributed by atoms with Crippen molar-refractivity contribution in [3.63, 3.8) is 0 Å². The first-order valence-electron chi connectivity index (χ1n) is 19.1. The molecule has 0 aromatic rings. The van der Waals surface area contributed by atoms with Crippen LogP contribution in [0.5, 0.6) is 0 Å². The van der Waals surface area contributed by atoms with E-state index in [4.69, 9.17) is 0 Å². The van der Waals surface area contributed by atoms with E-state index in [9.17, 15) is 0 Å². The van der Waals surface area contributed by atoms with Crippen LogP contribution >= 0.6 is 0 Å². The Morgan fingerprint density at radius 3 is 0.692 bits per heavy atom. The Bertz CT molecular complexity index is 399. The largest absolute Gasteiger partial charge is 0.0654 e. The average Bonchev–Trinajstić information content (AvgIpc) is 2.94. The Labute approximate surface area is 251 Å². The molecule has 0 saturated carbocycles. The number of rotatable bonds is 35. The molecular formula is C39H79. The van der Waals surface area contributed by atoms with Crippen molar-refractivity contribution in [2.75, 3.05) is 0 Å². The van der Waals surface area contributed by atoms with E-state index in [1.807, 2.05) is 0 Å². The molecule has 0 nitrogen and oxygen atoms in total. The van der Waals surface area contributed by atoms with E-state index in [0.29, 0.717) is 0 Å². The maximum Gasteiger partial charge on any atom is -0.0414 e. The maximum atomic E-state index is 4.17. The Morgan fingerprint density at radius 1 is 0.282 bits per heavy atom. The van der Waals surface area contributed by atoms with Crippen LogP contribution in [0.2, 0.25) is 0 Å². The second kappa shape index (κ2) is 36.0. The highest BCUT2D eigenvalue weighted by Crippen LogP contribution is 2.23. The zero-order chi connectivity index (χ0) is 28.3. The van der Waals surface area contributed by atoms with Gasteiger partial charge < -0.3 is 0 Å². The Morgan fingerprint density at radius 2 is 0.487 bits per heavy atom. The SMILES string of the molecule is [CH2]CCC(CCCCCCCCCCCCCCCCC)CCCCCCCCCCCCCCCCCC. The van der Waals surface area contributed by atoms with Crippen molar-refractivity contribution in [1.82, 2.24) is 0 Å². The highest BCUT2D eigenvalue weighted by Gasteiger charge is 2.07. The lowest BCUT2D eigenvalue weighted by Crippen LogP contribution is -2.00. The van der Waals surface area contributed by atoms with Crippen LogP contribution < -0.4 is 0 Å². The number of hydrogen-bond acceptors (Lipinski definition) is 0. The first kappa shape index (κ1) is 39.0. The van der Waals surface area contributed by atoms with E-state index in [0.717, 1.165) is 12.3 Å². The molecule has 0 aliphatic carbocycles. The van der Waals surface area contributed by atoms with Crippen molar-refractivity contribution < 1.29 is 0 Å². The third-order valence-corrected chi connectivity index (χ3v) is 9.29. The fourth-order valence-corrected chi connectivity index (χ4v) is 6.51. The first-order chi connectivity index (χ1) is 19.3. The maximum absolute atomic E-state index is 4.17. The molecule has 1 radical (unpaired) electrons. The third kappa shape index (κ3) is 34.1. The van der Waals surface area contributed by atoms with Crippen LogP contribution in [0, 0.1) is 12.8 Å². The van der Waals surface area contributed by atoms with Crippen LogP contribution in [-0.2, 0) is 0 Å². The van der Waals surface area contributed by atoms with Crippen LogP contribution in [0.4, 0.5) is 0 Å². The van der Waals surface area contributed by atoms with Gasteiger partial charge in [-0.15, -0.1) is 0 Å². The minimum Gasteiger partial charge on any atom is -0.0654 e. The summed E-state index contributed by atoms with van der Waals surface area (Å²) in [5.74, 6) is 0.969. The molecule has 0 aliphatic heterocycles. The standard InChI is InChI=1S/C39H79/c1-4-7-9-11-13-15-17-19-21-23-25-27-29-31-33-35-38-39(36-6-3)37-34-32-30-28-26-24-22-20-18-16-14-12-10-8-5-2/h39H,3-38H2,1-2H3. The zero-order valence-electron chi connectivity index (χ0n) is 28.0. The fourth-order valence-electron chi connectivity index (χ4n) is 6.51. The molecule has 1 unspecified atom stereocenters. The molecule has 0 aromatic heterocycles. The molecule has 0 aliphatic rings. The quantitative estimate of drug-likeness (QED) is 0.0692. The highest BCUT2D eigenvalue weighted by molar-refractivity contribution is 4.62. The summed E-state index contributed by atoms with van der Waals surface area (Å²) >= 11 is 0. The van der Waals surface area contributed by atoms with E-state index in [1.165, 1.54) is 218 Å². The van der Waals surface area contributed by atoms with Crippen molar-refractivity contribution >= 4 is 0 Å². The normalized spacial score (nSPS) is 12.4. The monoisotopic (exact) mass is 548 g/mol. The van der Waals surface area contributed by atoms with Gasteiger partial charge in [0, 0.05) is 0 Å². The summed E-state index contributed by atoms with van der Waals surface area (Å²) in [4.78, 5) is 0. The molecule has 0 rings (SSSR count). The second-order valence-corrected chi connectivity index (χ2v) is 13.3. The summed E-state index contributed by atoms with van der Waals surface area (Å²) in [6.45, 7) is 8.79. The molecule has 235 valence electrons. The van der Waals surface area contributed by atoms with Crippen LogP contribution in [0.1, 0.15) is 239 Å². The van der Waals surface area contributed by atoms with E-state index >= 15 is 0 Å². The molecule has 39 heavy (non-hydrogen) atoms. The predicted molar refractivity (Wildman–Crippen MR) is 182 cm³/mol. The summed E-state index contributed by atoms with van der Waals surface area (Å²) in [7, 11) is 0. The van der Waals surface area contributed by atoms with Gasteiger partial charge in [0.15, 0.2) is 0 Å². The Hall–Kier alpha value is 0. The van der Waals surface area contributed by atoms with Gasteiger partial charge in [0.2, 0.25) is 0 Å². The van der Waals surface area contributed by atoms with Crippen LogP contribution in [-0.4, -0.2) is 0 Å². The molecule has 0 heteroatoms. The molecule has 0 N–H and O–H groups in total. The number of unbranched alkanes of at least 4 members (excludes halogenated alkanes) is 29. The van der Waals surface area contributed by atoms with Crippen LogP contribution in [0.25, 0.3) is 0 Å². The lowest BCUT2D eigenvalue weighted by Gasteiger charge is -2.16. The van der Waals surface area contributed by atoms with Gasteiger partial charge in [-0.25, -0.2) is 0 Å². The topological polar surface area (TPSA) is 0 Å². The summed E-state index contributed by atoms with van der Waals surface area (Å²) in [6, 6.07) is 0. The van der Waals surface area contributed by atoms with Crippen LogP contribution in [0.15, 0.2) is 0 Å². The van der Waals surface area contributed by atoms with Gasteiger partial charge in [-0.1, -0.05) is 245 Å². The third-order valence-electron chi connectivity index (χ3n) is 9.29. The molecule has 0 saturated heterocycles. The van der Waals surface area contributed by atoms with Crippen molar-refractivity contribution in [1.29, 1.82) is 0 Å². The van der Waals surface area contributed by atoms with Gasteiger partial charge >= 0.3 is 0 Å². The average molecular weight is 548 g/mol. The van der Waals surface area contributed by atoms with Crippen LogP contribution in [0.3, 0.4) is 0 Å². The Kier molecular flexibility index (Phi) is 36.0. The molecule has 0 spiro atoms. The predicted octanol–water partition coefficient (Wildman–Crippen LogP) is 15.1. The van der Waals surface area contributed by atoms with Gasteiger partial charge in [-0.2, -0.15) is 0 Å². The van der Waals surface area contributed by atoms with Crippen molar-refractivity contribution in [3.05, 3.63) is 6.92 Å². The number of hydrogen-bond donors (Lipinski definition) is 0. The van der Waals surface area contributed by atoms with E-state index in [2.05, 4.69) is 20.8 Å². The van der Waals surface area contributed by atoms with E-state index in [1.54, 1.807) is 0 Å². The van der Waals surface area contributed by atoms with Gasteiger partial charge in [-0.3, -0.25) is 0 Å². The molecule has 0 bridgehead atoms. The molecule has 1 atom stereocenters. The summed E-state index contributed by atoms with van der Waals surface area (Å²) in [6.07, 6.45) is 51.1. The second-order valence-electron chi connectivity index (χ2n) is 13.3. The molecule has 0 heterocycles. The van der Waals surface area contributed by atoms with Gasteiger partial charge in [0.05, 0.1) is 0 Å². The fraction of sp³-hybridized carbons (Fsp3) is 0.974. The van der Waals surface area contributed by atoms with E-state index < -0.39 is 0 Å². The first-order valence-corrected chi connectivity index (χ1v) is 19.1. The van der Waals surface area contributed by atoms with Crippen molar-refractivity contribution in [3.8, 4) is 0 Å². The summed E-state index contributed by atoms with van der Waals surface area (Å²) in [5, 5.41) is 0. The van der Waals surface area contributed by atoms with Gasteiger partial charge in [0.1, 0.15) is 0 Å². The minimum atomic E-state index is 0.969. The van der Waals surface area contributed by atoms with Gasteiger partial charge in [-0.05, 0) is 5.92 Å². The lowest BCUT2D eigenvalue weighted by molar-refractivity contribution is 0.381.